The third-order valence-corrected chi connectivity index (χ3v) is 4.81. The van der Waals surface area contributed by atoms with Gasteiger partial charge in [-0.1, -0.05) is 12.1 Å². The first-order chi connectivity index (χ1) is 9.85. The van der Waals surface area contributed by atoms with Gasteiger partial charge in [-0.05, 0) is 64.3 Å². The summed E-state index contributed by atoms with van der Waals surface area (Å²) in [5.41, 5.74) is 0. The zero-order valence-corrected chi connectivity index (χ0v) is 12.5. The Bertz CT molecular complexity index is 406. The minimum atomic E-state index is 0.496. The molecule has 1 N–H and O–H groups in total. The molecule has 1 aromatic rings. The molecule has 0 aromatic carbocycles. The van der Waals surface area contributed by atoms with E-state index in [-0.39, 0.29) is 0 Å². The number of nitrogens with one attached hydrogen (secondary N) is 1. The highest BCUT2D eigenvalue weighted by Crippen LogP contribution is 2.25. The Hall–Kier alpha value is -0.940. The smallest absolute Gasteiger partial charge is 0.226 e. The van der Waals surface area contributed by atoms with Crippen molar-refractivity contribution in [3.63, 3.8) is 0 Å². The van der Waals surface area contributed by atoms with Gasteiger partial charge in [-0.2, -0.15) is 4.98 Å². The quantitative estimate of drug-likeness (QED) is 0.910. The summed E-state index contributed by atoms with van der Waals surface area (Å²) in [4.78, 5) is 7.17. The summed E-state index contributed by atoms with van der Waals surface area (Å²) >= 11 is 0. The van der Waals surface area contributed by atoms with E-state index in [1.165, 1.54) is 32.5 Å². The van der Waals surface area contributed by atoms with Crippen molar-refractivity contribution >= 4 is 0 Å². The van der Waals surface area contributed by atoms with Crippen LogP contribution in [-0.4, -0.2) is 47.8 Å². The van der Waals surface area contributed by atoms with Crippen molar-refractivity contribution in [2.24, 2.45) is 5.92 Å². The van der Waals surface area contributed by atoms with Gasteiger partial charge >= 0.3 is 0 Å². The Kier molecular flexibility index (Phi) is 4.68. The molecular formula is C15H26N4O. The first-order valence-corrected chi connectivity index (χ1v) is 8.10. The first kappa shape index (κ1) is 14.0. The minimum Gasteiger partial charge on any atom is -0.339 e. The molecule has 2 fully saturated rings. The normalized spacial score (nSPS) is 23.2. The summed E-state index contributed by atoms with van der Waals surface area (Å²) in [6.07, 6.45) is 5.76. The summed E-state index contributed by atoms with van der Waals surface area (Å²) in [5.74, 6) is 3.01. The van der Waals surface area contributed by atoms with Gasteiger partial charge in [-0.25, -0.2) is 0 Å². The van der Waals surface area contributed by atoms with Gasteiger partial charge in [0.05, 0.1) is 0 Å². The van der Waals surface area contributed by atoms with Crippen LogP contribution in [0.25, 0.3) is 0 Å². The van der Waals surface area contributed by atoms with Crippen LogP contribution in [0.2, 0.25) is 0 Å². The summed E-state index contributed by atoms with van der Waals surface area (Å²) in [6, 6.07) is 0. The minimum absolute atomic E-state index is 0.496. The largest absolute Gasteiger partial charge is 0.339 e. The third kappa shape index (κ3) is 3.38. The molecule has 5 nitrogen and oxygen atoms in total. The molecule has 2 aliphatic rings. The second-order valence-electron chi connectivity index (χ2n) is 6.15. The molecule has 1 aromatic heterocycles. The maximum Gasteiger partial charge on any atom is 0.226 e. The highest BCUT2D eigenvalue weighted by molar-refractivity contribution is 4.98. The molecule has 0 saturated carbocycles. The van der Waals surface area contributed by atoms with Crippen LogP contribution in [-0.2, 0) is 6.42 Å². The zero-order valence-electron chi connectivity index (χ0n) is 12.5. The van der Waals surface area contributed by atoms with Crippen LogP contribution in [0.1, 0.15) is 50.2 Å². The number of hydrogen-bond donors (Lipinski definition) is 1. The predicted molar refractivity (Wildman–Crippen MR) is 77.7 cm³/mol. The molecule has 0 unspecified atom stereocenters. The fraction of sp³-hybridized carbons (Fsp3) is 0.867. The van der Waals surface area contributed by atoms with Crippen molar-refractivity contribution < 1.29 is 4.52 Å². The average Bonchev–Trinajstić information content (AvgIpc) is 2.97. The molecule has 2 saturated heterocycles. The van der Waals surface area contributed by atoms with E-state index in [4.69, 9.17) is 4.52 Å². The van der Waals surface area contributed by atoms with E-state index < -0.39 is 0 Å². The van der Waals surface area contributed by atoms with E-state index in [9.17, 15) is 0 Å². The molecule has 112 valence electrons. The van der Waals surface area contributed by atoms with Crippen LogP contribution in [0, 0.1) is 5.92 Å². The lowest BCUT2D eigenvalue weighted by molar-refractivity contribution is 0.185. The number of likely N-dealkylation sites (tertiary alicyclic amines) is 1. The number of aromatic nitrogens is 2. The molecule has 3 rings (SSSR count). The molecule has 0 aliphatic carbocycles. The highest BCUT2D eigenvalue weighted by atomic mass is 16.5. The monoisotopic (exact) mass is 278 g/mol. The second kappa shape index (κ2) is 6.68. The highest BCUT2D eigenvalue weighted by Gasteiger charge is 2.23. The fourth-order valence-corrected chi connectivity index (χ4v) is 3.35. The number of nitrogens with zero attached hydrogens (tertiary/aromatic N) is 3. The molecular weight excluding hydrogens is 252 g/mol. The van der Waals surface area contributed by atoms with Crippen molar-refractivity contribution in [2.45, 2.75) is 44.9 Å². The Morgan fingerprint density at radius 1 is 1.20 bits per heavy atom. The van der Waals surface area contributed by atoms with Crippen molar-refractivity contribution in [1.82, 2.24) is 20.4 Å². The molecule has 0 atom stereocenters. The van der Waals surface area contributed by atoms with Gasteiger partial charge in [0.15, 0.2) is 5.82 Å². The van der Waals surface area contributed by atoms with Crippen LogP contribution in [0.4, 0.5) is 0 Å². The molecule has 0 amide bonds. The standard InChI is InChI=1S/C15H26N4O/c1-2-19-9-5-12(6-10-19)11-14-17-15(18-20-14)13-3-7-16-8-4-13/h12-13,16H,2-11H2,1H3. The lowest BCUT2D eigenvalue weighted by Crippen LogP contribution is -2.34. The molecule has 5 heteroatoms. The molecule has 20 heavy (non-hydrogen) atoms. The molecule has 3 heterocycles. The van der Waals surface area contributed by atoms with Crippen LogP contribution < -0.4 is 5.32 Å². The van der Waals surface area contributed by atoms with Crippen LogP contribution in [0.5, 0.6) is 0 Å². The third-order valence-electron chi connectivity index (χ3n) is 4.81. The summed E-state index contributed by atoms with van der Waals surface area (Å²) < 4.78 is 5.48. The maximum atomic E-state index is 5.48. The summed E-state index contributed by atoms with van der Waals surface area (Å²) in [5, 5.41) is 7.59. The second-order valence-corrected chi connectivity index (χ2v) is 6.15. The SMILES string of the molecule is CCN1CCC(Cc2nc(C3CCNCC3)no2)CC1. The van der Waals surface area contributed by atoms with Gasteiger partial charge in [0, 0.05) is 12.3 Å². The Labute approximate surface area is 121 Å². The van der Waals surface area contributed by atoms with E-state index >= 15 is 0 Å². The van der Waals surface area contributed by atoms with Gasteiger partial charge in [-0.15, -0.1) is 0 Å². The Morgan fingerprint density at radius 3 is 2.65 bits per heavy atom. The van der Waals surface area contributed by atoms with Gasteiger partial charge < -0.3 is 14.7 Å². The zero-order chi connectivity index (χ0) is 13.8. The molecule has 2 aliphatic heterocycles. The average molecular weight is 278 g/mol. The Morgan fingerprint density at radius 2 is 1.95 bits per heavy atom. The topological polar surface area (TPSA) is 54.2 Å². The number of piperidine rings is 2. The van der Waals surface area contributed by atoms with Gasteiger partial charge in [-0.3, -0.25) is 0 Å². The molecule has 0 radical (unpaired) electrons. The van der Waals surface area contributed by atoms with Crippen molar-refractivity contribution in [1.29, 1.82) is 0 Å². The fourth-order valence-electron chi connectivity index (χ4n) is 3.35. The maximum absolute atomic E-state index is 5.48. The van der Waals surface area contributed by atoms with Crippen LogP contribution in [0.15, 0.2) is 4.52 Å². The number of rotatable bonds is 4. The van der Waals surface area contributed by atoms with E-state index in [0.29, 0.717) is 5.92 Å². The van der Waals surface area contributed by atoms with Crippen LogP contribution in [0.3, 0.4) is 0 Å². The lowest BCUT2D eigenvalue weighted by Gasteiger charge is -2.30. The van der Waals surface area contributed by atoms with E-state index in [0.717, 1.165) is 50.0 Å². The van der Waals surface area contributed by atoms with Crippen molar-refractivity contribution in [3.8, 4) is 0 Å². The molecule has 0 bridgehead atoms. The van der Waals surface area contributed by atoms with Gasteiger partial charge in [0.25, 0.3) is 0 Å². The lowest BCUT2D eigenvalue weighted by atomic mass is 9.93. The van der Waals surface area contributed by atoms with E-state index in [2.05, 4.69) is 27.3 Å². The van der Waals surface area contributed by atoms with Crippen LogP contribution >= 0.6 is 0 Å². The van der Waals surface area contributed by atoms with Gasteiger partial charge in [0.2, 0.25) is 5.89 Å². The summed E-state index contributed by atoms with van der Waals surface area (Å²) in [7, 11) is 0. The molecule has 0 spiro atoms. The first-order valence-electron chi connectivity index (χ1n) is 8.10. The van der Waals surface area contributed by atoms with E-state index in [1.54, 1.807) is 0 Å². The van der Waals surface area contributed by atoms with E-state index in [1.807, 2.05) is 0 Å². The van der Waals surface area contributed by atoms with Crippen molar-refractivity contribution in [2.75, 3.05) is 32.7 Å². The number of hydrogen-bond acceptors (Lipinski definition) is 5. The Balaban J connectivity index is 1.52. The summed E-state index contributed by atoms with van der Waals surface area (Å²) in [6.45, 7) is 8.00. The van der Waals surface area contributed by atoms with Crippen molar-refractivity contribution in [3.05, 3.63) is 11.7 Å². The predicted octanol–water partition coefficient (Wildman–Crippen LogP) is 1.81. The van der Waals surface area contributed by atoms with Gasteiger partial charge in [0.1, 0.15) is 0 Å².